The van der Waals surface area contributed by atoms with Gasteiger partial charge >= 0.3 is 12.2 Å². The highest BCUT2D eigenvalue weighted by Crippen LogP contribution is 2.46. The van der Waals surface area contributed by atoms with E-state index in [1.807, 2.05) is 57.2 Å². The zero-order valence-electron chi connectivity index (χ0n) is 25.7. The van der Waals surface area contributed by atoms with E-state index < -0.39 is 17.8 Å². The number of carbonyl (C=O) groups excluding carboxylic acids is 3. The summed E-state index contributed by atoms with van der Waals surface area (Å²) in [4.78, 5) is 57.0. The Bertz CT molecular complexity index is 1390. The van der Waals surface area contributed by atoms with E-state index in [0.717, 1.165) is 24.0 Å². The first-order chi connectivity index (χ1) is 21.1. The number of benzene rings is 2. The largest absolute Gasteiger partial charge is 0.475 e. The molecule has 0 radical (unpaired) electrons. The first kappa shape index (κ1) is 31.2. The molecule has 3 aliphatic rings. The van der Waals surface area contributed by atoms with Crippen molar-refractivity contribution in [1.82, 2.24) is 15.1 Å². The van der Waals surface area contributed by atoms with Crippen molar-refractivity contribution in [3.63, 3.8) is 0 Å². The van der Waals surface area contributed by atoms with Gasteiger partial charge in [0.15, 0.2) is 5.60 Å². The molecule has 2 heterocycles. The van der Waals surface area contributed by atoms with Crippen molar-refractivity contribution in [3.8, 4) is 5.75 Å². The summed E-state index contributed by atoms with van der Waals surface area (Å²) in [5.74, 6) is 0.154. The molecule has 1 spiro atoms. The molecule has 4 amide bonds. The number of alkyl carbamates (subject to hydrolysis) is 1. The van der Waals surface area contributed by atoms with Gasteiger partial charge in [-0.05, 0) is 82.6 Å². The third-order valence-electron chi connectivity index (χ3n) is 8.85. The standard InChI is InChI=1S/C33H42N4O7/c1-22(2)37(25-12-9-16-35(20-25)32(41)42)29(38)26-19-27-28(18-23(26)3)44-33(13-7-8-14-33)30(39)36(27)17-15-34-31(40)43-21-24-10-5-4-6-11-24/h4-6,10-11,18-19,22,25H,7-9,12-17,20-21H2,1-3H3,(H,34,40)(H,41,42)/t25-/m1/s1. The molecule has 2 aromatic carbocycles. The Morgan fingerprint density at radius 3 is 2.55 bits per heavy atom. The van der Waals surface area contributed by atoms with E-state index in [4.69, 9.17) is 9.47 Å². The number of nitrogens with one attached hydrogen (secondary N) is 1. The second kappa shape index (κ2) is 13.2. The minimum atomic E-state index is -0.986. The van der Waals surface area contributed by atoms with Crippen LogP contribution >= 0.6 is 0 Å². The van der Waals surface area contributed by atoms with Crippen LogP contribution in [0.3, 0.4) is 0 Å². The van der Waals surface area contributed by atoms with E-state index >= 15 is 0 Å². The molecule has 0 aromatic heterocycles. The number of anilines is 1. The molecule has 1 atom stereocenters. The lowest BCUT2D eigenvalue weighted by atomic mass is 9.94. The summed E-state index contributed by atoms with van der Waals surface area (Å²) < 4.78 is 11.8. The van der Waals surface area contributed by atoms with Crippen molar-refractivity contribution in [3.05, 3.63) is 59.2 Å². The summed E-state index contributed by atoms with van der Waals surface area (Å²) in [7, 11) is 0. The van der Waals surface area contributed by atoms with Gasteiger partial charge < -0.3 is 34.6 Å². The van der Waals surface area contributed by atoms with Crippen LogP contribution in [0, 0.1) is 6.92 Å². The van der Waals surface area contributed by atoms with Crippen LogP contribution in [0.15, 0.2) is 42.5 Å². The van der Waals surface area contributed by atoms with Gasteiger partial charge in [-0.1, -0.05) is 30.3 Å². The fourth-order valence-electron chi connectivity index (χ4n) is 6.65. The van der Waals surface area contributed by atoms with E-state index in [0.29, 0.717) is 49.2 Å². The number of fused-ring (bicyclic) bond motifs is 1. The minimum absolute atomic E-state index is 0.136. The minimum Gasteiger partial charge on any atom is -0.475 e. The normalized spacial score (nSPS) is 19.0. The van der Waals surface area contributed by atoms with Gasteiger partial charge in [0.1, 0.15) is 12.4 Å². The molecule has 11 heteroatoms. The fraction of sp³-hybridized carbons (Fsp3) is 0.515. The maximum absolute atomic E-state index is 14.1. The van der Waals surface area contributed by atoms with E-state index in [2.05, 4.69) is 5.32 Å². The number of aryl methyl sites for hydroxylation is 1. The summed E-state index contributed by atoms with van der Waals surface area (Å²) >= 11 is 0. The predicted molar refractivity (Wildman–Crippen MR) is 164 cm³/mol. The Morgan fingerprint density at radius 2 is 1.86 bits per heavy atom. The number of piperidine rings is 1. The molecule has 236 valence electrons. The Labute approximate surface area is 258 Å². The average molecular weight is 607 g/mol. The number of likely N-dealkylation sites (tertiary alicyclic amines) is 1. The van der Waals surface area contributed by atoms with Gasteiger partial charge in [-0.25, -0.2) is 9.59 Å². The number of hydrogen-bond donors (Lipinski definition) is 2. The maximum Gasteiger partial charge on any atom is 0.407 e. The summed E-state index contributed by atoms with van der Waals surface area (Å²) in [5, 5.41) is 12.3. The average Bonchev–Trinajstić information content (AvgIpc) is 3.47. The molecule has 2 aromatic rings. The van der Waals surface area contributed by atoms with Gasteiger partial charge in [0.2, 0.25) is 0 Å². The molecule has 2 N–H and O–H groups in total. The van der Waals surface area contributed by atoms with E-state index in [1.54, 1.807) is 15.9 Å². The molecule has 1 saturated carbocycles. The van der Waals surface area contributed by atoms with E-state index in [1.165, 1.54) is 4.90 Å². The van der Waals surface area contributed by atoms with Crippen LogP contribution in [0.5, 0.6) is 5.75 Å². The molecule has 0 unspecified atom stereocenters. The molecular weight excluding hydrogens is 564 g/mol. The van der Waals surface area contributed by atoms with Gasteiger partial charge in [0.25, 0.3) is 11.8 Å². The molecule has 5 rings (SSSR count). The molecule has 0 bridgehead atoms. The summed E-state index contributed by atoms with van der Waals surface area (Å²) in [5.41, 5.74) is 1.56. The first-order valence-corrected chi connectivity index (χ1v) is 15.5. The Kier molecular flexibility index (Phi) is 9.31. The van der Waals surface area contributed by atoms with Crippen molar-refractivity contribution in [2.24, 2.45) is 0 Å². The number of carboxylic acid groups (broad SMARTS) is 1. The lowest BCUT2D eigenvalue weighted by molar-refractivity contribution is -0.135. The number of amides is 4. The van der Waals surface area contributed by atoms with Crippen LogP contribution in [-0.4, -0.2) is 82.8 Å². The summed E-state index contributed by atoms with van der Waals surface area (Å²) in [6.07, 6.45) is 2.80. The van der Waals surface area contributed by atoms with Gasteiger partial charge in [0.05, 0.1) is 11.7 Å². The third kappa shape index (κ3) is 6.46. The van der Waals surface area contributed by atoms with Crippen molar-refractivity contribution in [2.75, 3.05) is 31.1 Å². The quantitative estimate of drug-likeness (QED) is 0.435. The molecule has 2 fully saturated rings. The lowest BCUT2D eigenvalue weighted by Gasteiger charge is -2.42. The van der Waals surface area contributed by atoms with Crippen LogP contribution in [0.1, 0.15) is 73.9 Å². The predicted octanol–water partition coefficient (Wildman–Crippen LogP) is 4.95. The molecule has 1 aliphatic carbocycles. The molecule has 2 aliphatic heterocycles. The van der Waals surface area contributed by atoms with Crippen LogP contribution in [0.2, 0.25) is 0 Å². The zero-order chi connectivity index (χ0) is 31.4. The first-order valence-electron chi connectivity index (χ1n) is 15.5. The zero-order valence-corrected chi connectivity index (χ0v) is 25.7. The van der Waals surface area contributed by atoms with Gasteiger partial charge in [-0.15, -0.1) is 0 Å². The molecule has 44 heavy (non-hydrogen) atoms. The monoisotopic (exact) mass is 606 g/mol. The van der Waals surface area contributed by atoms with Crippen LogP contribution in [-0.2, 0) is 16.1 Å². The number of rotatable bonds is 8. The number of carbonyl (C=O) groups is 4. The second-order valence-electron chi connectivity index (χ2n) is 12.2. The molecular formula is C33H42N4O7. The Morgan fingerprint density at radius 1 is 1.14 bits per heavy atom. The highest BCUT2D eigenvalue weighted by atomic mass is 16.5. The highest BCUT2D eigenvalue weighted by molar-refractivity contribution is 6.05. The van der Waals surface area contributed by atoms with Crippen molar-refractivity contribution in [2.45, 2.75) is 83.6 Å². The van der Waals surface area contributed by atoms with Crippen molar-refractivity contribution < 1.29 is 33.8 Å². The van der Waals surface area contributed by atoms with Crippen LogP contribution < -0.4 is 15.0 Å². The number of hydrogen-bond acceptors (Lipinski definition) is 6. The topological polar surface area (TPSA) is 129 Å². The number of nitrogens with zero attached hydrogens (tertiary/aromatic N) is 3. The molecule has 1 saturated heterocycles. The summed E-state index contributed by atoms with van der Waals surface area (Å²) in [6, 6.07) is 12.5. The van der Waals surface area contributed by atoms with Crippen molar-refractivity contribution in [1.29, 1.82) is 0 Å². The third-order valence-corrected chi connectivity index (χ3v) is 8.85. The maximum atomic E-state index is 14.1. The summed E-state index contributed by atoms with van der Waals surface area (Å²) in [6.45, 7) is 6.88. The van der Waals surface area contributed by atoms with Gasteiger partial charge in [-0.3, -0.25) is 9.59 Å². The van der Waals surface area contributed by atoms with Crippen molar-refractivity contribution >= 4 is 29.7 Å². The Hall–Kier alpha value is -4.28. The van der Waals surface area contributed by atoms with Gasteiger partial charge in [-0.2, -0.15) is 0 Å². The number of ether oxygens (including phenoxy) is 2. The van der Waals surface area contributed by atoms with Crippen LogP contribution in [0.4, 0.5) is 15.3 Å². The fourth-order valence-corrected chi connectivity index (χ4v) is 6.65. The van der Waals surface area contributed by atoms with Crippen LogP contribution in [0.25, 0.3) is 0 Å². The van der Waals surface area contributed by atoms with Gasteiger partial charge in [0, 0.05) is 37.8 Å². The SMILES string of the molecule is Cc1cc2c(cc1C(=O)N(C(C)C)[C@@H]1CCCN(C(=O)O)C1)N(CCNC(=O)OCc1ccccc1)C(=O)C1(CCCC1)O2. The Balaban J connectivity index is 1.37. The molecule has 11 nitrogen and oxygen atoms in total. The second-order valence-corrected chi connectivity index (χ2v) is 12.2. The lowest BCUT2D eigenvalue weighted by Crippen LogP contribution is -2.56. The highest BCUT2D eigenvalue weighted by Gasteiger charge is 2.50. The van der Waals surface area contributed by atoms with E-state index in [-0.39, 0.29) is 50.1 Å². The smallest absolute Gasteiger partial charge is 0.407 e. The van der Waals surface area contributed by atoms with E-state index in [9.17, 15) is 24.3 Å².